The molecule has 2 aromatic rings. The van der Waals surface area contributed by atoms with Gasteiger partial charge in [0, 0.05) is 7.05 Å². The normalized spacial score (nSPS) is 24.8. The van der Waals surface area contributed by atoms with Crippen molar-refractivity contribution in [1.29, 1.82) is 0 Å². The minimum Gasteiger partial charge on any atom is -0.337 e. The number of likely N-dealkylation sites (N-methyl/N-ethyl adjacent to an activating group) is 1. The third-order valence-electron chi connectivity index (χ3n) is 6.39. The van der Waals surface area contributed by atoms with Crippen molar-refractivity contribution in [1.82, 2.24) is 25.1 Å². The van der Waals surface area contributed by atoms with E-state index in [4.69, 9.17) is 0 Å². The Balaban J connectivity index is 1.47. The summed E-state index contributed by atoms with van der Waals surface area (Å²) in [7, 11) is 1.55. The SMILES string of the molecule is C[C@H]1CC(C)(C)C[C@@]2(C1)NC(=O)N(CC(=O)N(C)Cc1nc3ccccc3c(=O)[nH]1)C2=O. The molecule has 2 atom stereocenters. The van der Waals surface area contributed by atoms with E-state index >= 15 is 0 Å². The highest BCUT2D eigenvalue weighted by atomic mass is 16.2. The average Bonchev–Trinajstić information content (AvgIpc) is 2.89. The number of nitrogens with zero attached hydrogens (tertiary/aromatic N) is 3. The van der Waals surface area contributed by atoms with Crippen LogP contribution >= 0.6 is 0 Å². The number of para-hydroxylation sites is 1. The first kappa shape index (κ1) is 22.0. The highest BCUT2D eigenvalue weighted by Crippen LogP contribution is 2.46. The number of carbonyl (C=O) groups is 3. The molecule has 1 aliphatic carbocycles. The van der Waals surface area contributed by atoms with Gasteiger partial charge in [0.15, 0.2) is 0 Å². The first-order valence-electron chi connectivity index (χ1n) is 10.9. The van der Waals surface area contributed by atoms with Crippen molar-refractivity contribution in [2.24, 2.45) is 11.3 Å². The first-order chi connectivity index (χ1) is 15.0. The first-order valence-corrected chi connectivity index (χ1v) is 10.9. The zero-order valence-electron chi connectivity index (χ0n) is 18.9. The topological polar surface area (TPSA) is 115 Å². The number of hydrogen-bond donors (Lipinski definition) is 2. The maximum absolute atomic E-state index is 13.2. The zero-order chi connectivity index (χ0) is 23.3. The summed E-state index contributed by atoms with van der Waals surface area (Å²) in [5.41, 5.74) is -0.763. The van der Waals surface area contributed by atoms with Crippen LogP contribution in [-0.4, -0.2) is 56.7 Å². The molecule has 32 heavy (non-hydrogen) atoms. The number of amides is 4. The number of carbonyl (C=O) groups excluding carboxylic acids is 3. The molecular formula is C23H29N5O4. The minimum atomic E-state index is -0.942. The van der Waals surface area contributed by atoms with E-state index < -0.39 is 17.5 Å². The Bertz CT molecular complexity index is 1160. The molecule has 1 saturated carbocycles. The number of urea groups is 1. The second-order valence-electron chi connectivity index (χ2n) is 10.0. The molecule has 2 heterocycles. The van der Waals surface area contributed by atoms with Gasteiger partial charge < -0.3 is 15.2 Å². The van der Waals surface area contributed by atoms with Gasteiger partial charge in [-0.2, -0.15) is 0 Å². The second kappa shape index (κ2) is 7.72. The third kappa shape index (κ3) is 3.99. The molecule has 2 N–H and O–H groups in total. The van der Waals surface area contributed by atoms with Gasteiger partial charge in [0.05, 0.1) is 17.4 Å². The summed E-state index contributed by atoms with van der Waals surface area (Å²) >= 11 is 0. The molecule has 1 aliphatic heterocycles. The lowest BCUT2D eigenvalue weighted by Crippen LogP contribution is -2.54. The Kier molecular flexibility index (Phi) is 5.30. The summed E-state index contributed by atoms with van der Waals surface area (Å²) < 4.78 is 0. The second-order valence-corrected chi connectivity index (χ2v) is 10.0. The van der Waals surface area contributed by atoms with Gasteiger partial charge in [0.25, 0.3) is 11.5 Å². The Morgan fingerprint density at radius 3 is 2.66 bits per heavy atom. The van der Waals surface area contributed by atoms with E-state index in [1.165, 1.54) is 4.90 Å². The van der Waals surface area contributed by atoms with Crippen LogP contribution in [-0.2, 0) is 16.1 Å². The summed E-state index contributed by atoms with van der Waals surface area (Å²) in [4.78, 5) is 60.5. The molecule has 9 heteroatoms. The fraction of sp³-hybridized carbons (Fsp3) is 0.522. The van der Waals surface area contributed by atoms with Crippen molar-refractivity contribution in [3.05, 3.63) is 40.4 Å². The van der Waals surface area contributed by atoms with Crippen LogP contribution in [0.4, 0.5) is 4.79 Å². The van der Waals surface area contributed by atoms with E-state index in [0.717, 1.165) is 11.3 Å². The maximum atomic E-state index is 13.2. The number of fused-ring (bicyclic) bond motifs is 1. The monoisotopic (exact) mass is 439 g/mol. The number of hydrogen-bond acceptors (Lipinski definition) is 5. The summed E-state index contributed by atoms with van der Waals surface area (Å²) in [5.74, 6) is -0.121. The molecule has 1 aromatic carbocycles. The van der Waals surface area contributed by atoms with Crippen LogP contribution in [0.2, 0.25) is 0 Å². The van der Waals surface area contributed by atoms with E-state index in [2.05, 4.69) is 36.1 Å². The van der Waals surface area contributed by atoms with E-state index in [1.807, 2.05) is 0 Å². The van der Waals surface area contributed by atoms with Crippen LogP contribution < -0.4 is 10.9 Å². The largest absolute Gasteiger partial charge is 0.337 e. The van der Waals surface area contributed by atoms with Crippen molar-refractivity contribution in [3.63, 3.8) is 0 Å². The van der Waals surface area contributed by atoms with Gasteiger partial charge in [-0.1, -0.05) is 32.9 Å². The van der Waals surface area contributed by atoms with Crippen LogP contribution in [0.15, 0.2) is 29.1 Å². The molecule has 4 rings (SSSR count). The summed E-state index contributed by atoms with van der Waals surface area (Å²) in [6.45, 7) is 5.99. The molecule has 0 radical (unpaired) electrons. The van der Waals surface area contributed by atoms with Crippen LogP contribution in [0.1, 0.15) is 45.9 Å². The van der Waals surface area contributed by atoms with Gasteiger partial charge >= 0.3 is 6.03 Å². The molecule has 4 amide bonds. The predicted octanol–water partition coefficient (Wildman–Crippen LogP) is 2.02. The quantitative estimate of drug-likeness (QED) is 0.707. The van der Waals surface area contributed by atoms with Gasteiger partial charge in [-0.15, -0.1) is 0 Å². The average molecular weight is 440 g/mol. The Morgan fingerprint density at radius 1 is 1.22 bits per heavy atom. The van der Waals surface area contributed by atoms with E-state index in [-0.39, 0.29) is 35.9 Å². The highest BCUT2D eigenvalue weighted by molar-refractivity contribution is 6.09. The lowest BCUT2D eigenvalue weighted by molar-refractivity contribution is -0.140. The lowest BCUT2D eigenvalue weighted by atomic mass is 9.64. The van der Waals surface area contributed by atoms with Gasteiger partial charge in [-0.05, 0) is 42.7 Å². The third-order valence-corrected chi connectivity index (χ3v) is 6.39. The maximum Gasteiger partial charge on any atom is 0.325 e. The zero-order valence-corrected chi connectivity index (χ0v) is 18.9. The minimum absolute atomic E-state index is 0.0533. The molecule has 1 spiro atoms. The molecule has 0 bridgehead atoms. The Hall–Kier alpha value is -3.23. The molecule has 2 aliphatic rings. The lowest BCUT2D eigenvalue weighted by Gasteiger charge is -2.43. The van der Waals surface area contributed by atoms with Gasteiger partial charge in [-0.25, -0.2) is 9.78 Å². The van der Waals surface area contributed by atoms with Crippen molar-refractivity contribution >= 4 is 28.7 Å². The number of aromatic amines is 1. The van der Waals surface area contributed by atoms with E-state index in [0.29, 0.717) is 29.6 Å². The molecule has 1 saturated heterocycles. The van der Waals surface area contributed by atoms with Gasteiger partial charge in [0.1, 0.15) is 17.9 Å². The number of H-pyrrole nitrogens is 1. The summed E-state index contributed by atoms with van der Waals surface area (Å²) in [6, 6.07) is 6.43. The highest BCUT2D eigenvalue weighted by Gasteiger charge is 2.56. The predicted molar refractivity (Wildman–Crippen MR) is 119 cm³/mol. The molecule has 170 valence electrons. The van der Waals surface area contributed by atoms with Crippen molar-refractivity contribution in [2.75, 3.05) is 13.6 Å². The molecule has 2 fully saturated rings. The van der Waals surface area contributed by atoms with Gasteiger partial charge in [0.2, 0.25) is 5.91 Å². The number of aromatic nitrogens is 2. The Morgan fingerprint density at radius 2 is 1.94 bits per heavy atom. The number of benzene rings is 1. The molecule has 0 unspecified atom stereocenters. The van der Waals surface area contributed by atoms with Crippen molar-refractivity contribution < 1.29 is 14.4 Å². The molecule has 1 aromatic heterocycles. The number of imide groups is 1. The Labute approximate surface area is 186 Å². The van der Waals surface area contributed by atoms with E-state index in [1.54, 1.807) is 31.3 Å². The van der Waals surface area contributed by atoms with Gasteiger partial charge in [-0.3, -0.25) is 19.3 Å². The molecular weight excluding hydrogens is 410 g/mol. The van der Waals surface area contributed by atoms with Crippen LogP contribution in [0.5, 0.6) is 0 Å². The van der Waals surface area contributed by atoms with Crippen molar-refractivity contribution in [3.8, 4) is 0 Å². The summed E-state index contributed by atoms with van der Waals surface area (Å²) in [5, 5.41) is 3.36. The number of nitrogens with one attached hydrogen (secondary N) is 2. The van der Waals surface area contributed by atoms with E-state index in [9.17, 15) is 19.2 Å². The molecule has 9 nitrogen and oxygen atoms in total. The van der Waals surface area contributed by atoms with Crippen LogP contribution in [0.25, 0.3) is 10.9 Å². The standard InChI is InChI=1S/C23H29N5O4/c1-14-9-22(2,3)13-23(10-14)20(31)28(21(32)26-23)12-18(29)27(4)11-17-24-16-8-6-5-7-15(16)19(30)25-17/h5-8,14H,9-13H2,1-4H3,(H,26,32)(H,24,25,30)/t14-,23+/m0/s1. The fourth-order valence-corrected chi connectivity index (χ4v) is 5.43. The fourth-order valence-electron chi connectivity index (χ4n) is 5.43. The van der Waals surface area contributed by atoms with Crippen LogP contribution in [0, 0.1) is 11.3 Å². The summed E-state index contributed by atoms with van der Waals surface area (Å²) in [6.07, 6.45) is 2.11. The van der Waals surface area contributed by atoms with Crippen LogP contribution in [0.3, 0.4) is 0 Å². The van der Waals surface area contributed by atoms with Crippen molar-refractivity contribution in [2.45, 2.75) is 52.1 Å². The smallest absolute Gasteiger partial charge is 0.325 e. The number of rotatable bonds is 4.